The van der Waals surface area contributed by atoms with Crippen LogP contribution in [0.1, 0.15) is 53.9 Å². The molecule has 1 aliphatic rings. The molecule has 104 valence electrons. The van der Waals surface area contributed by atoms with E-state index in [0.29, 0.717) is 11.5 Å². The molecule has 0 saturated carbocycles. The molecule has 0 aromatic carbocycles. The highest BCUT2D eigenvalue weighted by Gasteiger charge is 2.22. The molecular formula is C14H31ClN2. The molecule has 2 nitrogen and oxygen atoms in total. The summed E-state index contributed by atoms with van der Waals surface area (Å²) in [7, 11) is 0. The van der Waals surface area contributed by atoms with Crippen LogP contribution in [0, 0.1) is 5.41 Å². The topological polar surface area (TPSA) is 15.3 Å². The number of nitrogens with zero attached hydrogens (tertiary/aromatic N) is 1. The predicted molar refractivity (Wildman–Crippen MR) is 79.1 cm³/mol. The van der Waals surface area contributed by atoms with Crippen molar-refractivity contribution in [1.82, 2.24) is 10.2 Å². The van der Waals surface area contributed by atoms with Crippen LogP contribution in [-0.2, 0) is 0 Å². The van der Waals surface area contributed by atoms with Crippen LogP contribution in [0.15, 0.2) is 0 Å². The van der Waals surface area contributed by atoms with Crippen LogP contribution in [-0.4, -0.2) is 36.6 Å². The van der Waals surface area contributed by atoms with E-state index in [9.17, 15) is 0 Å². The van der Waals surface area contributed by atoms with E-state index in [-0.39, 0.29) is 12.4 Å². The van der Waals surface area contributed by atoms with Crippen molar-refractivity contribution in [2.24, 2.45) is 5.41 Å². The van der Waals surface area contributed by atoms with Crippen molar-refractivity contribution in [2.45, 2.75) is 66.0 Å². The van der Waals surface area contributed by atoms with Gasteiger partial charge in [0.1, 0.15) is 0 Å². The molecule has 2 unspecified atom stereocenters. The Morgan fingerprint density at radius 1 is 1.29 bits per heavy atom. The maximum absolute atomic E-state index is 3.60. The average Bonchev–Trinajstić information content (AvgIpc) is 2.16. The summed E-state index contributed by atoms with van der Waals surface area (Å²) in [6, 6.07) is 1.46. The van der Waals surface area contributed by atoms with E-state index in [0.717, 1.165) is 19.1 Å². The first-order chi connectivity index (χ1) is 7.40. The second-order valence-electron chi connectivity index (χ2n) is 6.62. The number of hydrogen-bond donors (Lipinski definition) is 1. The molecule has 1 aliphatic heterocycles. The maximum atomic E-state index is 3.60. The van der Waals surface area contributed by atoms with Crippen molar-refractivity contribution in [3.63, 3.8) is 0 Å². The Labute approximate surface area is 114 Å². The number of nitrogens with one attached hydrogen (secondary N) is 1. The van der Waals surface area contributed by atoms with Gasteiger partial charge in [-0.3, -0.25) is 4.90 Å². The number of piperidine rings is 1. The molecule has 1 N–H and O–H groups in total. The van der Waals surface area contributed by atoms with E-state index in [1.54, 1.807) is 0 Å². The zero-order valence-electron chi connectivity index (χ0n) is 12.3. The minimum atomic E-state index is 0. The molecule has 0 amide bonds. The largest absolute Gasteiger partial charge is 0.315 e. The van der Waals surface area contributed by atoms with E-state index in [2.05, 4.69) is 44.8 Å². The lowest BCUT2D eigenvalue weighted by Gasteiger charge is -2.38. The Balaban J connectivity index is 0.00000256. The molecular weight excluding hydrogens is 232 g/mol. The minimum absolute atomic E-state index is 0. The highest BCUT2D eigenvalue weighted by molar-refractivity contribution is 5.85. The second kappa shape index (κ2) is 7.60. The molecule has 3 heteroatoms. The van der Waals surface area contributed by atoms with Gasteiger partial charge >= 0.3 is 0 Å². The number of likely N-dealkylation sites (tertiary alicyclic amines) is 1. The van der Waals surface area contributed by atoms with Crippen molar-refractivity contribution in [3.8, 4) is 0 Å². The van der Waals surface area contributed by atoms with Gasteiger partial charge in [0, 0.05) is 25.2 Å². The first-order valence-corrected chi connectivity index (χ1v) is 6.86. The molecule has 0 radical (unpaired) electrons. The van der Waals surface area contributed by atoms with Gasteiger partial charge < -0.3 is 5.32 Å². The zero-order valence-corrected chi connectivity index (χ0v) is 13.1. The smallest absolute Gasteiger partial charge is 0.0195 e. The molecule has 0 aromatic heterocycles. The summed E-state index contributed by atoms with van der Waals surface area (Å²) in [6.07, 6.45) is 4.18. The third-order valence-corrected chi connectivity index (χ3v) is 3.52. The van der Waals surface area contributed by atoms with Gasteiger partial charge in [-0.15, -0.1) is 12.4 Å². The van der Waals surface area contributed by atoms with Gasteiger partial charge in [-0.25, -0.2) is 0 Å². The molecule has 0 aromatic rings. The Morgan fingerprint density at radius 2 is 1.94 bits per heavy atom. The van der Waals surface area contributed by atoms with Crippen molar-refractivity contribution < 1.29 is 0 Å². The summed E-state index contributed by atoms with van der Waals surface area (Å²) in [5.74, 6) is 0. The van der Waals surface area contributed by atoms with E-state index in [1.807, 2.05) is 0 Å². The third-order valence-electron chi connectivity index (χ3n) is 3.52. The third kappa shape index (κ3) is 6.64. The van der Waals surface area contributed by atoms with E-state index < -0.39 is 0 Å². The lowest BCUT2D eigenvalue weighted by Crippen LogP contribution is -2.48. The molecule has 17 heavy (non-hydrogen) atoms. The fraction of sp³-hybridized carbons (Fsp3) is 1.00. The first-order valence-electron chi connectivity index (χ1n) is 6.86. The molecule has 1 rings (SSSR count). The summed E-state index contributed by atoms with van der Waals surface area (Å²) in [6.45, 7) is 15.1. The van der Waals surface area contributed by atoms with Gasteiger partial charge in [-0.2, -0.15) is 0 Å². The molecule has 1 heterocycles. The quantitative estimate of drug-likeness (QED) is 0.836. The van der Waals surface area contributed by atoms with Crippen LogP contribution >= 0.6 is 12.4 Å². The number of halogens is 1. The van der Waals surface area contributed by atoms with Crippen molar-refractivity contribution in [3.05, 3.63) is 0 Å². The fourth-order valence-electron chi connectivity index (χ4n) is 2.55. The molecule has 0 spiro atoms. The van der Waals surface area contributed by atoms with E-state index in [1.165, 1.54) is 25.8 Å². The predicted octanol–water partition coefficient (Wildman–Crippen LogP) is 3.31. The standard InChI is InChI=1S/C14H30N2.ClH/c1-12-8-6-7-9-16(12)13(2)10-15-11-14(3,4)5;/h12-13,15H,6-11H2,1-5H3;1H. The fourth-order valence-corrected chi connectivity index (χ4v) is 2.55. The van der Waals surface area contributed by atoms with Crippen LogP contribution in [0.2, 0.25) is 0 Å². The summed E-state index contributed by atoms with van der Waals surface area (Å²) in [5.41, 5.74) is 0.396. The maximum Gasteiger partial charge on any atom is 0.0195 e. The lowest BCUT2D eigenvalue weighted by atomic mass is 9.97. The molecule has 0 aliphatic carbocycles. The second-order valence-corrected chi connectivity index (χ2v) is 6.62. The van der Waals surface area contributed by atoms with Crippen LogP contribution in [0.5, 0.6) is 0 Å². The highest BCUT2D eigenvalue weighted by Crippen LogP contribution is 2.19. The van der Waals surface area contributed by atoms with Crippen molar-refractivity contribution in [2.75, 3.05) is 19.6 Å². The van der Waals surface area contributed by atoms with Gasteiger partial charge in [-0.1, -0.05) is 27.2 Å². The van der Waals surface area contributed by atoms with Crippen molar-refractivity contribution >= 4 is 12.4 Å². The lowest BCUT2D eigenvalue weighted by molar-refractivity contribution is 0.111. The van der Waals surface area contributed by atoms with Crippen molar-refractivity contribution in [1.29, 1.82) is 0 Å². The van der Waals surface area contributed by atoms with Gasteiger partial charge in [0.05, 0.1) is 0 Å². The Bertz CT molecular complexity index is 201. The van der Waals surface area contributed by atoms with E-state index in [4.69, 9.17) is 0 Å². The normalized spacial score (nSPS) is 24.2. The summed E-state index contributed by atoms with van der Waals surface area (Å²) in [5, 5.41) is 3.60. The summed E-state index contributed by atoms with van der Waals surface area (Å²) < 4.78 is 0. The zero-order chi connectivity index (χ0) is 12.2. The Hall–Kier alpha value is 0.210. The van der Waals surface area contributed by atoms with Crippen LogP contribution < -0.4 is 5.32 Å². The Morgan fingerprint density at radius 3 is 2.47 bits per heavy atom. The average molecular weight is 263 g/mol. The summed E-state index contributed by atoms with van der Waals surface area (Å²) in [4.78, 5) is 2.67. The molecule has 0 bridgehead atoms. The van der Waals surface area contributed by atoms with Crippen LogP contribution in [0.25, 0.3) is 0 Å². The molecule has 1 saturated heterocycles. The SMILES string of the molecule is CC1CCCCN1C(C)CNCC(C)(C)C.Cl. The summed E-state index contributed by atoms with van der Waals surface area (Å²) >= 11 is 0. The number of rotatable bonds is 4. The molecule has 1 fully saturated rings. The first kappa shape index (κ1) is 17.2. The van der Waals surface area contributed by atoms with Gasteiger partial charge in [-0.05, 0) is 38.6 Å². The van der Waals surface area contributed by atoms with Crippen LogP contribution in [0.3, 0.4) is 0 Å². The van der Waals surface area contributed by atoms with E-state index >= 15 is 0 Å². The van der Waals surface area contributed by atoms with Crippen LogP contribution in [0.4, 0.5) is 0 Å². The Kier molecular flexibility index (Phi) is 7.70. The van der Waals surface area contributed by atoms with Gasteiger partial charge in [0.2, 0.25) is 0 Å². The van der Waals surface area contributed by atoms with Gasteiger partial charge in [0.25, 0.3) is 0 Å². The monoisotopic (exact) mass is 262 g/mol. The number of hydrogen-bond acceptors (Lipinski definition) is 2. The van der Waals surface area contributed by atoms with Gasteiger partial charge in [0.15, 0.2) is 0 Å². The highest BCUT2D eigenvalue weighted by atomic mass is 35.5. The minimum Gasteiger partial charge on any atom is -0.315 e. The molecule has 2 atom stereocenters.